The molecule has 1 N–H and O–H groups in total. The van der Waals surface area contributed by atoms with E-state index in [1.165, 1.54) is 36.0 Å². The predicted octanol–water partition coefficient (Wildman–Crippen LogP) is 3.51. The molecule has 1 unspecified atom stereocenters. The van der Waals surface area contributed by atoms with Crippen LogP contribution in [0.3, 0.4) is 0 Å². The zero-order chi connectivity index (χ0) is 12.3. The maximum absolute atomic E-state index is 10.2. The molecular weight excluding hydrogens is 208 g/mol. The summed E-state index contributed by atoms with van der Waals surface area (Å²) in [6.07, 6.45) is 6.55. The molecule has 1 aliphatic carbocycles. The fraction of sp³-hybridized carbons (Fsp3) is 0.625. The summed E-state index contributed by atoms with van der Waals surface area (Å²) in [5.74, 6) is 0.447. The highest BCUT2D eigenvalue weighted by molar-refractivity contribution is 5.35. The first kappa shape index (κ1) is 12.6. The van der Waals surface area contributed by atoms with E-state index in [0.29, 0.717) is 5.92 Å². The first-order valence-electron chi connectivity index (χ1n) is 7.03. The Bertz CT molecular complexity index is 366. The standard InChI is InChI=1S/C16H24O/c1-3-13(4-2)16(17)11-12-8-9-14-6-5-7-15(14)10-12/h8-10,13,16-17H,3-7,11H2,1-2H3. The lowest BCUT2D eigenvalue weighted by Crippen LogP contribution is -2.21. The molecule has 0 amide bonds. The maximum atomic E-state index is 10.2. The minimum atomic E-state index is -0.176. The number of rotatable bonds is 5. The zero-order valence-electron chi connectivity index (χ0n) is 11.1. The molecule has 2 rings (SSSR count). The van der Waals surface area contributed by atoms with Crippen LogP contribution in [0, 0.1) is 5.92 Å². The number of aliphatic hydroxyl groups is 1. The second-order valence-corrected chi connectivity index (χ2v) is 5.30. The minimum Gasteiger partial charge on any atom is -0.392 e. The molecule has 0 heterocycles. The molecular formula is C16H24O. The van der Waals surface area contributed by atoms with Crippen LogP contribution >= 0.6 is 0 Å². The summed E-state index contributed by atoms with van der Waals surface area (Å²) in [5, 5.41) is 10.2. The van der Waals surface area contributed by atoms with Gasteiger partial charge < -0.3 is 5.11 Å². The first-order chi connectivity index (χ1) is 8.24. The summed E-state index contributed by atoms with van der Waals surface area (Å²) in [6.45, 7) is 4.33. The highest BCUT2D eigenvalue weighted by atomic mass is 16.3. The van der Waals surface area contributed by atoms with Crippen LogP contribution in [-0.2, 0) is 19.3 Å². The molecule has 0 saturated heterocycles. The van der Waals surface area contributed by atoms with Crippen molar-refractivity contribution in [3.63, 3.8) is 0 Å². The minimum absolute atomic E-state index is 0.176. The van der Waals surface area contributed by atoms with Gasteiger partial charge in [0.15, 0.2) is 0 Å². The second kappa shape index (κ2) is 5.68. The molecule has 0 fully saturated rings. The third-order valence-corrected chi connectivity index (χ3v) is 4.20. The van der Waals surface area contributed by atoms with E-state index in [-0.39, 0.29) is 6.10 Å². The molecule has 0 spiro atoms. The van der Waals surface area contributed by atoms with E-state index in [4.69, 9.17) is 0 Å². The van der Waals surface area contributed by atoms with E-state index < -0.39 is 0 Å². The normalized spacial score (nSPS) is 16.2. The zero-order valence-corrected chi connectivity index (χ0v) is 11.1. The van der Waals surface area contributed by atoms with Crippen molar-refractivity contribution in [3.8, 4) is 0 Å². The third kappa shape index (κ3) is 2.90. The Morgan fingerprint density at radius 2 is 1.82 bits per heavy atom. The fourth-order valence-corrected chi connectivity index (χ4v) is 2.99. The van der Waals surface area contributed by atoms with E-state index in [1.54, 1.807) is 0 Å². The Balaban J connectivity index is 2.03. The van der Waals surface area contributed by atoms with Gasteiger partial charge in [-0.2, -0.15) is 0 Å². The van der Waals surface area contributed by atoms with Gasteiger partial charge in [0.25, 0.3) is 0 Å². The van der Waals surface area contributed by atoms with Crippen LogP contribution in [-0.4, -0.2) is 11.2 Å². The molecule has 17 heavy (non-hydrogen) atoms. The summed E-state index contributed by atoms with van der Waals surface area (Å²) < 4.78 is 0. The van der Waals surface area contributed by atoms with Gasteiger partial charge in [0.2, 0.25) is 0 Å². The Kier molecular flexibility index (Phi) is 4.22. The molecule has 1 aliphatic rings. The average Bonchev–Trinajstić information content (AvgIpc) is 2.77. The highest BCUT2D eigenvalue weighted by Crippen LogP contribution is 2.24. The molecule has 0 radical (unpaired) electrons. The van der Waals surface area contributed by atoms with Gasteiger partial charge in [-0.25, -0.2) is 0 Å². The summed E-state index contributed by atoms with van der Waals surface area (Å²) in [4.78, 5) is 0. The van der Waals surface area contributed by atoms with Crippen LogP contribution < -0.4 is 0 Å². The van der Waals surface area contributed by atoms with Gasteiger partial charge in [0.1, 0.15) is 0 Å². The molecule has 1 aromatic carbocycles. The smallest absolute Gasteiger partial charge is 0.0608 e. The largest absolute Gasteiger partial charge is 0.392 e. The van der Waals surface area contributed by atoms with Crippen molar-refractivity contribution in [2.45, 2.75) is 58.5 Å². The molecule has 0 bridgehead atoms. The second-order valence-electron chi connectivity index (χ2n) is 5.30. The van der Waals surface area contributed by atoms with Gasteiger partial charge in [-0.3, -0.25) is 0 Å². The molecule has 0 aromatic heterocycles. The van der Waals surface area contributed by atoms with E-state index in [0.717, 1.165) is 19.3 Å². The third-order valence-electron chi connectivity index (χ3n) is 4.20. The van der Waals surface area contributed by atoms with E-state index in [1.807, 2.05) is 0 Å². The number of hydrogen-bond donors (Lipinski definition) is 1. The van der Waals surface area contributed by atoms with Gasteiger partial charge in [-0.05, 0) is 48.3 Å². The fourth-order valence-electron chi connectivity index (χ4n) is 2.99. The van der Waals surface area contributed by atoms with Gasteiger partial charge in [0, 0.05) is 0 Å². The van der Waals surface area contributed by atoms with Gasteiger partial charge in [0.05, 0.1) is 6.10 Å². The topological polar surface area (TPSA) is 20.2 Å². The van der Waals surface area contributed by atoms with Crippen LogP contribution in [0.2, 0.25) is 0 Å². The van der Waals surface area contributed by atoms with Crippen molar-refractivity contribution in [1.29, 1.82) is 0 Å². The Labute approximate surface area is 105 Å². The number of aryl methyl sites for hydroxylation is 2. The van der Waals surface area contributed by atoms with Crippen molar-refractivity contribution >= 4 is 0 Å². The van der Waals surface area contributed by atoms with Crippen LogP contribution in [0.5, 0.6) is 0 Å². The van der Waals surface area contributed by atoms with Crippen LogP contribution in [0.4, 0.5) is 0 Å². The molecule has 0 aliphatic heterocycles. The molecule has 1 heteroatoms. The van der Waals surface area contributed by atoms with Crippen molar-refractivity contribution < 1.29 is 5.11 Å². The monoisotopic (exact) mass is 232 g/mol. The van der Waals surface area contributed by atoms with Crippen LogP contribution in [0.15, 0.2) is 18.2 Å². The van der Waals surface area contributed by atoms with Crippen LogP contribution in [0.25, 0.3) is 0 Å². The molecule has 0 saturated carbocycles. The molecule has 1 nitrogen and oxygen atoms in total. The number of fused-ring (bicyclic) bond motifs is 1. The summed E-state index contributed by atoms with van der Waals surface area (Å²) >= 11 is 0. The average molecular weight is 232 g/mol. The lowest BCUT2D eigenvalue weighted by atomic mass is 9.91. The van der Waals surface area contributed by atoms with Crippen LogP contribution in [0.1, 0.15) is 49.8 Å². The molecule has 1 atom stereocenters. The maximum Gasteiger partial charge on any atom is 0.0608 e. The van der Waals surface area contributed by atoms with Gasteiger partial charge in [-0.1, -0.05) is 44.9 Å². The van der Waals surface area contributed by atoms with E-state index in [9.17, 15) is 5.11 Å². The number of benzene rings is 1. The Morgan fingerprint density at radius 1 is 1.12 bits per heavy atom. The van der Waals surface area contributed by atoms with Crippen molar-refractivity contribution in [2.75, 3.05) is 0 Å². The quantitative estimate of drug-likeness (QED) is 0.823. The van der Waals surface area contributed by atoms with E-state index >= 15 is 0 Å². The lowest BCUT2D eigenvalue weighted by Gasteiger charge is -2.20. The lowest BCUT2D eigenvalue weighted by molar-refractivity contribution is 0.103. The van der Waals surface area contributed by atoms with Crippen molar-refractivity contribution in [2.24, 2.45) is 5.92 Å². The first-order valence-corrected chi connectivity index (χ1v) is 7.03. The number of aliphatic hydroxyl groups excluding tert-OH is 1. The molecule has 94 valence electrons. The predicted molar refractivity (Wildman–Crippen MR) is 72.2 cm³/mol. The number of hydrogen-bond acceptors (Lipinski definition) is 1. The Morgan fingerprint density at radius 3 is 2.53 bits per heavy atom. The van der Waals surface area contributed by atoms with Gasteiger partial charge >= 0.3 is 0 Å². The van der Waals surface area contributed by atoms with E-state index in [2.05, 4.69) is 32.0 Å². The molecule has 1 aromatic rings. The van der Waals surface area contributed by atoms with Crippen molar-refractivity contribution in [1.82, 2.24) is 0 Å². The SMILES string of the molecule is CCC(CC)C(O)Cc1ccc2c(c1)CCC2. The summed E-state index contributed by atoms with van der Waals surface area (Å²) in [7, 11) is 0. The van der Waals surface area contributed by atoms with Gasteiger partial charge in [-0.15, -0.1) is 0 Å². The van der Waals surface area contributed by atoms with Crippen molar-refractivity contribution in [3.05, 3.63) is 34.9 Å². The summed E-state index contributed by atoms with van der Waals surface area (Å²) in [5.41, 5.74) is 4.34. The Hall–Kier alpha value is -0.820. The summed E-state index contributed by atoms with van der Waals surface area (Å²) in [6, 6.07) is 6.78. The highest BCUT2D eigenvalue weighted by Gasteiger charge is 2.17.